The smallest absolute Gasteiger partial charge is 0.257 e. The Labute approximate surface area is 156 Å². The molecule has 0 fully saturated rings. The molecule has 7 heteroatoms. The molecule has 1 aliphatic heterocycles. The van der Waals surface area contributed by atoms with Crippen LogP contribution in [0.2, 0.25) is 0 Å². The molecule has 2 aromatic rings. The van der Waals surface area contributed by atoms with Gasteiger partial charge < -0.3 is 10.1 Å². The van der Waals surface area contributed by atoms with E-state index in [1.54, 1.807) is 35.6 Å². The fourth-order valence-electron chi connectivity index (χ4n) is 3.63. The number of fused-ring (bicyclic) bond motifs is 2. The maximum atomic E-state index is 12.9. The summed E-state index contributed by atoms with van der Waals surface area (Å²) in [5.74, 6) is 1.19. The molecular formula is C19H21N3O3S. The minimum absolute atomic E-state index is 0.0461. The van der Waals surface area contributed by atoms with E-state index in [1.165, 1.54) is 0 Å². The van der Waals surface area contributed by atoms with Crippen LogP contribution in [0.3, 0.4) is 0 Å². The van der Waals surface area contributed by atoms with Crippen molar-refractivity contribution >= 4 is 23.4 Å². The van der Waals surface area contributed by atoms with Crippen LogP contribution in [-0.4, -0.2) is 28.3 Å². The van der Waals surface area contributed by atoms with Gasteiger partial charge in [0.1, 0.15) is 5.75 Å². The molecule has 0 bridgehead atoms. The summed E-state index contributed by atoms with van der Waals surface area (Å²) in [7, 11) is 1.57. The number of ether oxygens (including phenoxy) is 1. The van der Waals surface area contributed by atoms with Crippen LogP contribution in [0.1, 0.15) is 36.6 Å². The SMILES string of the molecule is COc1ccccc1NC(=O)CC1CSc2nc3c(c(=O)n21)CCCC3. The van der Waals surface area contributed by atoms with Crippen LogP contribution >= 0.6 is 11.8 Å². The molecule has 136 valence electrons. The van der Waals surface area contributed by atoms with Gasteiger partial charge in [0.2, 0.25) is 5.91 Å². The normalized spacial score (nSPS) is 18.1. The third-order valence-electron chi connectivity index (χ3n) is 4.92. The van der Waals surface area contributed by atoms with Gasteiger partial charge in [-0.15, -0.1) is 0 Å². The van der Waals surface area contributed by atoms with Gasteiger partial charge in [0.25, 0.3) is 5.56 Å². The largest absolute Gasteiger partial charge is 0.495 e. The molecule has 6 nitrogen and oxygen atoms in total. The van der Waals surface area contributed by atoms with Crippen molar-refractivity contribution in [2.75, 3.05) is 18.2 Å². The van der Waals surface area contributed by atoms with Gasteiger partial charge in [-0.25, -0.2) is 4.98 Å². The predicted molar refractivity (Wildman–Crippen MR) is 101 cm³/mol. The molecule has 0 saturated carbocycles. The van der Waals surface area contributed by atoms with Crippen molar-refractivity contribution in [3.8, 4) is 5.75 Å². The van der Waals surface area contributed by atoms with E-state index < -0.39 is 0 Å². The van der Waals surface area contributed by atoms with Crippen LogP contribution in [0.15, 0.2) is 34.2 Å². The lowest BCUT2D eigenvalue weighted by molar-refractivity contribution is -0.116. The van der Waals surface area contributed by atoms with Crippen LogP contribution in [0, 0.1) is 0 Å². The molecule has 1 atom stereocenters. The van der Waals surface area contributed by atoms with E-state index in [4.69, 9.17) is 9.72 Å². The molecule has 0 saturated heterocycles. The maximum absolute atomic E-state index is 12.9. The number of methoxy groups -OCH3 is 1. The zero-order valence-electron chi connectivity index (χ0n) is 14.7. The highest BCUT2D eigenvalue weighted by Crippen LogP contribution is 2.34. The first-order valence-corrected chi connectivity index (χ1v) is 9.86. The molecule has 0 spiro atoms. The number of anilines is 1. The Kier molecular flexibility index (Phi) is 4.72. The van der Waals surface area contributed by atoms with E-state index in [9.17, 15) is 9.59 Å². The van der Waals surface area contributed by atoms with Crippen LogP contribution in [0.4, 0.5) is 5.69 Å². The lowest BCUT2D eigenvalue weighted by Gasteiger charge is -2.19. The number of hydrogen-bond donors (Lipinski definition) is 1. The number of benzene rings is 1. The second-order valence-corrected chi connectivity index (χ2v) is 7.61. The van der Waals surface area contributed by atoms with Crippen molar-refractivity contribution in [2.45, 2.75) is 43.3 Å². The molecule has 4 rings (SSSR count). The quantitative estimate of drug-likeness (QED) is 0.837. The molecule has 1 unspecified atom stereocenters. The summed E-state index contributed by atoms with van der Waals surface area (Å²) in [5.41, 5.74) is 2.49. The third kappa shape index (κ3) is 3.11. The Hall–Kier alpha value is -2.28. The Morgan fingerprint density at radius 2 is 2.15 bits per heavy atom. The predicted octanol–water partition coefficient (Wildman–Crippen LogP) is 2.81. The first-order valence-electron chi connectivity index (χ1n) is 8.87. The summed E-state index contributed by atoms with van der Waals surface area (Å²) in [6, 6.07) is 7.15. The standard InChI is InChI=1S/C19H21N3O3S/c1-25-16-9-5-4-8-15(16)20-17(23)10-12-11-26-19-21-14-7-3-2-6-13(14)18(24)22(12)19/h4-5,8-9,12H,2-3,6-7,10-11H2,1H3,(H,20,23). The average Bonchev–Trinajstić information content (AvgIpc) is 3.05. The van der Waals surface area contributed by atoms with Crippen molar-refractivity contribution in [1.82, 2.24) is 9.55 Å². The van der Waals surface area contributed by atoms with E-state index in [0.717, 1.165) is 42.1 Å². The number of carbonyl (C=O) groups is 1. The number of nitrogens with one attached hydrogen (secondary N) is 1. The van der Waals surface area contributed by atoms with Gasteiger partial charge in [-0.2, -0.15) is 0 Å². The van der Waals surface area contributed by atoms with Crippen molar-refractivity contribution < 1.29 is 9.53 Å². The number of para-hydroxylation sites is 2. The summed E-state index contributed by atoms with van der Waals surface area (Å²) in [6.07, 6.45) is 4.07. The molecule has 1 aromatic carbocycles. The summed E-state index contributed by atoms with van der Waals surface area (Å²) in [4.78, 5) is 30.1. The molecule has 1 amide bonds. The highest BCUT2D eigenvalue weighted by atomic mass is 32.2. The average molecular weight is 371 g/mol. The van der Waals surface area contributed by atoms with Gasteiger partial charge in [-0.3, -0.25) is 14.2 Å². The Balaban J connectivity index is 1.55. The number of hydrogen-bond acceptors (Lipinski definition) is 5. The van der Waals surface area contributed by atoms with Crippen molar-refractivity contribution in [2.24, 2.45) is 0 Å². The number of rotatable bonds is 4. The molecular weight excluding hydrogens is 350 g/mol. The highest BCUT2D eigenvalue weighted by molar-refractivity contribution is 7.99. The molecule has 0 radical (unpaired) electrons. The van der Waals surface area contributed by atoms with E-state index in [2.05, 4.69) is 5.32 Å². The monoisotopic (exact) mass is 371 g/mol. The van der Waals surface area contributed by atoms with E-state index in [1.807, 2.05) is 12.1 Å². The summed E-state index contributed by atoms with van der Waals surface area (Å²) in [5, 5.41) is 3.65. The molecule has 1 aliphatic carbocycles. The fraction of sp³-hybridized carbons (Fsp3) is 0.421. The minimum Gasteiger partial charge on any atom is -0.495 e. The van der Waals surface area contributed by atoms with Crippen molar-refractivity contribution in [3.63, 3.8) is 0 Å². The number of aromatic nitrogens is 2. The molecule has 1 N–H and O–H groups in total. The lowest BCUT2D eigenvalue weighted by Crippen LogP contribution is -2.32. The zero-order chi connectivity index (χ0) is 18.1. The summed E-state index contributed by atoms with van der Waals surface area (Å²) >= 11 is 1.57. The number of aryl methyl sites for hydroxylation is 1. The number of nitrogens with zero attached hydrogens (tertiary/aromatic N) is 2. The molecule has 2 heterocycles. The molecule has 1 aromatic heterocycles. The first kappa shape index (κ1) is 17.1. The van der Waals surface area contributed by atoms with Crippen molar-refractivity contribution in [1.29, 1.82) is 0 Å². The maximum Gasteiger partial charge on any atom is 0.257 e. The van der Waals surface area contributed by atoms with Crippen LogP contribution in [0.5, 0.6) is 5.75 Å². The Morgan fingerprint density at radius 3 is 3.00 bits per heavy atom. The van der Waals surface area contributed by atoms with Gasteiger partial charge in [0.15, 0.2) is 5.16 Å². The van der Waals surface area contributed by atoms with Crippen molar-refractivity contribution in [3.05, 3.63) is 45.9 Å². The van der Waals surface area contributed by atoms with Gasteiger partial charge in [-0.05, 0) is 37.8 Å². The van der Waals surface area contributed by atoms with Crippen LogP contribution in [-0.2, 0) is 17.6 Å². The minimum atomic E-state index is -0.156. The molecule has 26 heavy (non-hydrogen) atoms. The summed E-state index contributed by atoms with van der Waals surface area (Å²) < 4.78 is 7.00. The number of thioether (sulfide) groups is 1. The fourth-order valence-corrected chi connectivity index (χ4v) is 4.78. The molecule has 2 aliphatic rings. The van der Waals surface area contributed by atoms with Gasteiger partial charge in [0.05, 0.1) is 24.5 Å². The van der Waals surface area contributed by atoms with Gasteiger partial charge >= 0.3 is 0 Å². The summed E-state index contributed by atoms with van der Waals surface area (Å²) in [6.45, 7) is 0. The third-order valence-corrected chi connectivity index (χ3v) is 6.02. The number of amides is 1. The highest BCUT2D eigenvalue weighted by Gasteiger charge is 2.30. The Morgan fingerprint density at radius 1 is 1.35 bits per heavy atom. The van der Waals surface area contributed by atoms with E-state index in [-0.39, 0.29) is 23.9 Å². The second-order valence-electron chi connectivity index (χ2n) is 6.62. The van der Waals surface area contributed by atoms with Crippen LogP contribution < -0.4 is 15.6 Å². The van der Waals surface area contributed by atoms with E-state index >= 15 is 0 Å². The van der Waals surface area contributed by atoms with Gasteiger partial charge in [0, 0.05) is 17.7 Å². The Bertz CT molecular complexity index is 909. The number of carbonyl (C=O) groups excluding carboxylic acids is 1. The van der Waals surface area contributed by atoms with Crippen LogP contribution in [0.25, 0.3) is 0 Å². The topological polar surface area (TPSA) is 73.2 Å². The lowest BCUT2D eigenvalue weighted by atomic mass is 9.97. The van der Waals surface area contributed by atoms with E-state index in [0.29, 0.717) is 17.2 Å². The van der Waals surface area contributed by atoms with Gasteiger partial charge in [-0.1, -0.05) is 23.9 Å². The first-order chi connectivity index (χ1) is 12.7. The second kappa shape index (κ2) is 7.15. The zero-order valence-corrected chi connectivity index (χ0v) is 15.5.